The molecule has 0 aliphatic heterocycles. The number of pyridine rings is 1. The molecule has 0 aliphatic carbocycles. The minimum atomic E-state index is -0.604. The summed E-state index contributed by atoms with van der Waals surface area (Å²) in [5.41, 5.74) is 0.225. The van der Waals surface area contributed by atoms with E-state index in [1.165, 1.54) is 16.7 Å². The molecule has 0 radical (unpaired) electrons. The minimum Gasteiger partial charge on any atom is -0.463 e. The summed E-state index contributed by atoms with van der Waals surface area (Å²) in [6.07, 6.45) is 2.69. The summed E-state index contributed by atoms with van der Waals surface area (Å²) in [5, 5.41) is 0.824. The van der Waals surface area contributed by atoms with E-state index in [-0.39, 0.29) is 33.8 Å². The molecule has 0 saturated carbocycles. The lowest BCUT2D eigenvalue weighted by molar-refractivity contribution is -0.135. The second-order valence-corrected chi connectivity index (χ2v) is 8.01. The number of aromatic amines is 1. The zero-order valence-corrected chi connectivity index (χ0v) is 19.0. The van der Waals surface area contributed by atoms with Crippen molar-refractivity contribution in [2.45, 2.75) is 27.3 Å². The maximum atomic E-state index is 13.1. The summed E-state index contributed by atoms with van der Waals surface area (Å²) in [6, 6.07) is 9.03. The quantitative estimate of drug-likeness (QED) is 0.531. The lowest BCUT2D eigenvalue weighted by atomic mass is 10.1. The number of nitrogens with zero attached hydrogens (tertiary/aromatic N) is 2. The highest BCUT2D eigenvalue weighted by atomic mass is 32.1. The van der Waals surface area contributed by atoms with Crippen molar-refractivity contribution in [3.8, 4) is 0 Å². The Hall–Kier alpha value is -3.46. The van der Waals surface area contributed by atoms with Gasteiger partial charge in [-0.05, 0) is 44.4 Å². The Labute approximate surface area is 188 Å². The number of H-pyrrole nitrogens is 1. The zero-order chi connectivity index (χ0) is 23.3. The third-order valence-electron chi connectivity index (χ3n) is 4.94. The SMILES string of the molecule is CCOC(=O)/C=c1/s/c(=C\c2cc3ccccc3[nH]c2=O)c(=O)n1CC(=O)N(CC)CC. The standard InChI is InChI=1S/C23H25N3O5S/c1-4-25(5-2)19(27)14-26-20(13-21(28)31-6-3)32-18(23(26)30)12-16-11-15-9-7-8-10-17(15)24-22(16)29/h7-13H,4-6,14H2,1-3H3,(H,24,29)/b18-12-,20-13+. The number of carbonyl (C=O) groups is 2. The molecule has 1 amide bonds. The molecular weight excluding hydrogens is 430 g/mol. The van der Waals surface area contributed by atoms with Crippen molar-refractivity contribution >= 4 is 46.3 Å². The van der Waals surface area contributed by atoms with Gasteiger partial charge in [0.05, 0.1) is 17.2 Å². The number of ether oxygens (including phenoxy) is 1. The number of hydrogen-bond acceptors (Lipinski definition) is 6. The first-order chi connectivity index (χ1) is 15.4. The van der Waals surface area contributed by atoms with Gasteiger partial charge in [0.1, 0.15) is 11.2 Å². The Kier molecular flexibility index (Phi) is 7.42. The zero-order valence-electron chi connectivity index (χ0n) is 18.2. The number of likely N-dealkylation sites (N-methyl/N-ethyl adjacent to an activating group) is 1. The van der Waals surface area contributed by atoms with Gasteiger partial charge in [0, 0.05) is 24.2 Å². The van der Waals surface area contributed by atoms with Crippen LogP contribution in [-0.4, -0.2) is 46.0 Å². The van der Waals surface area contributed by atoms with E-state index in [1.54, 1.807) is 24.0 Å². The molecule has 8 nitrogen and oxygen atoms in total. The van der Waals surface area contributed by atoms with Crippen molar-refractivity contribution in [1.29, 1.82) is 0 Å². The third-order valence-corrected chi connectivity index (χ3v) is 6.00. The van der Waals surface area contributed by atoms with Crippen molar-refractivity contribution in [1.82, 2.24) is 14.5 Å². The number of aromatic nitrogens is 2. The molecule has 0 atom stereocenters. The van der Waals surface area contributed by atoms with Gasteiger partial charge < -0.3 is 14.6 Å². The summed E-state index contributed by atoms with van der Waals surface area (Å²) in [7, 11) is 0. The maximum Gasteiger partial charge on any atom is 0.333 e. The Morgan fingerprint density at radius 1 is 1.16 bits per heavy atom. The first-order valence-corrected chi connectivity index (χ1v) is 11.2. The topological polar surface area (TPSA) is 101 Å². The van der Waals surface area contributed by atoms with Crippen molar-refractivity contribution in [2.75, 3.05) is 19.7 Å². The maximum absolute atomic E-state index is 13.1. The molecule has 2 aromatic heterocycles. The lowest BCUT2D eigenvalue weighted by Gasteiger charge is -2.18. The number of benzene rings is 1. The normalized spacial score (nSPS) is 12.3. The van der Waals surface area contributed by atoms with E-state index in [9.17, 15) is 19.2 Å². The fourth-order valence-corrected chi connectivity index (χ4v) is 4.32. The molecule has 0 unspecified atom stereocenters. The molecule has 3 rings (SSSR count). The second-order valence-electron chi connectivity index (χ2n) is 6.94. The van der Waals surface area contributed by atoms with E-state index < -0.39 is 11.5 Å². The van der Waals surface area contributed by atoms with E-state index in [1.807, 2.05) is 32.0 Å². The summed E-state index contributed by atoms with van der Waals surface area (Å²) in [4.78, 5) is 54.7. The first-order valence-electron chi connectivity index (χ1n) is 10.4. The van der Waals surface area contributed by atoms with Crippen LogP contribution in [0, 0.1) is 0 Å². The Morgan fingerprint density at radius 3 is 2.56 bits per heavy atom. The molecule has 3 aromatic rings. The van der Waals surface area contributed by atoms with Gasteiger partial charge in [0.25, 0.3) is 11.1 Å². The number of rotatable bonds is 7. The average molecular weight is 456 g/mol. The van der Waals surface area contributed by atoms with Crippen molar-refractivity contribution in [3.63, 3.8) is 0 Å². The van der Waals surface area contributed by atoms with Crippen LogP contribution in [0.2, 0.25) is 0 Å². The van der Waals surface area contributed by atoms with Crippen molar-refractivity contribution in [2.24, 2.45) is 0 Å². The lowest BCUT2D eigenvalue weighted by Crippen LogP contribution is -2.40. The van der Waals surface area contributed by atoms with E-state index in [2.05, 4.69) is 4.98 Å². The molecule has 1 aromatic carbocycles. The number of nitrogens with one attached hydrogen (secondary N) is 1. The minimum absolute atomic E-state index is 0.189. The molecule has 0 saturated heterocycles. The number of carbonyl (C=O) groups excluding carboxylic acids is 2. The summed E-state index contributed by atoms with van der Waals surface area (Å²) >= 11 is 1.03. The molecule has 9 heteroatoms. The van der Waals surface area contributed by atoms with Gasteiger partial charge in [-0.1, -0.05) is 18.2 Å². The Balaban J connectivity index is 2.17. The van der Waals surface area contributed by atoms with Crippen LogP contribution < -0.4 is 20.3 Å². The predicted molar refractivity (Wildman–Crippen MR) is 125 cm³/mol. The Bertz CT molecular complexity index is 1380. The van der Waals surface area contributed by atoms with Crippen LogP contribution in [-0.2, 0) is 20.9 Å². The fourth-order valence-electron chi connectivity index (χ4n) is 3.30. The van der Waals surface area contributed by atoms with Crippen LogP contribution in [0.15, 0.2) is 39.9 Å². The molecular formula is C23H25N3O5S. The summed E-state index contributed by atoms with van der Waals surface area (Å²) < 4.78 is 6.75. The number of fused-ring (bicyclic) bond motifs is 1. The van der Waals surface area contributed by atoms with Gasteiger partial charge in [-0.15, -0.1) is 11.3 Å². The average Bonchev–Trinajstić information content (AvgIpc) is 3.04. The summed E-state index contributed by atoms with van der Waals surface area (Å²) in [5.74, 6) is -0.837. The smallest absolute Gasteiger partial charge is 0.333 e. The molecule has 2 heterocycles. The number of esters is 1. The highest BCUT2D eigenvalue weighted by Gasteiger charge is 2.15. The monoisotopic (exact) mass is 455 g/mol. The highest BCUT2D eigenvalue weighted by Crippen LogP contribution is 2.10. The van der Waals surface area contributed by atoms with Gasteiger partial charge in [0.15, 0.2) is 0 Å². The molecule has 0 bridgehead atoms. The number of amides is 1. The van der Waals surface area contributed by atoms with Crippen molar-refractivity contribution in [3.05, 3.63) is 65.8 Å². The van der Waals surface area contributed by atoms with E-state index >= 15 is 0 Å². The first kappa shape index (κ1) is 23.2. The van der Waals surface area contributed by atoms with Gasteiger partial charge in [0.2, 0.25) is 5.91 Å². The number of para-hydroxylation sites is 1. The van der Waals surface area contributed by atoms with Crippen LogP contribution in [0.25, 0.3) is 23.1 Å². The van der Waals surface area contributed by atoms with Crippen LogP contribution >= 0.6 is 11.3 Å². The molecule has 0 aliphatic rings. The van der Waals surface area contributed by atoms with Crippen LogP contribution in [0.5, 0.6) is 0 Å². The Morgan fingerprint density at radius 2 is 1.88 bits per heavy atom. The largest absolute Gasteiger partial charge is 0.463 e. The number of hydrogen-bond donors (Lipinski definition) is 1. The molecule has 1 N–H and O–H groups in total. The molecule has 168 valence electrons. The molecule has 0 spiro atoms. The van der Waals surface area contributed by atoms with Gasteiger partial charge in [-0.3, -0.25) is 19.0 Å². The van der Waals surface area contributed by atoms with Crippen LogP contribution in [0.4, 0.5) is 0 Å². The molecule has 32 heavy (non-hydrogen) atoms. The predicted octanol–water partition coefficient (Wildman–Crippen LogP) is 0.792. The fraction of sp³-hybridized carbons (Fsp3) is 0.304. The number of thiazole rings is 1. The van der Waals surface area contributed by atoms with Gasteiger partial charge in [-0.2, -0.15) is 0 Å². The van der Waals surface area contributed by atoms with Crippen molar-refractivity contribution < 1.29 is 14.3 Å². The van der Waals surface area contributed by atoms with E-state index in [0.29, 0.717) is 24.2 Å². The van der Waals surface area contributed by atoms with Crippen LogP contribution in [0.3, 0.4) is 0 Å². The van der Waals surface area contributed by atoms with Gasteiger partial charge >= 0.3 is 5.97 Å². The highest BCUT2D eigenvalue weighted by molar-refractivity contribution is 7.07. The molecule has 0 fully saturated rings. The second kappa shape index (κ2) is 10.2. The van der Waals surface area contributed by atoms with E-state index in [0.717, 1.165) is 16.7 Å². The van der Waals surface area contributed by atoms with Crippen LogP contribution in [0.1, 0.15) is 26.3 Å². The van der Waals surface area contributed by atoms with E-state index in [4.69, 9.17) is 4.74 Å². The summed E-state index contributed by atoms with van der Waals surface area (Å²) in [6.45, 7) is 6.40. The third kappa shape index (κ3) is 5.05. The van der Waals surface area contributed by atoms with Gasteiger partial charge in [-0.25, -0.2) is 4.79 Å².